The molecule has 0 radical (unpaired) electrons. The fourth-order valence-corrected chi connectivity index (χ4v) is 1.84. The highest BCUT2D eigenvalue weighted by Gasteiger charge is 1.99. The van der Waals surface area contributed by atoms with Gasteiger partial charge in [0.25, 0.3) is 0 Å². The van der Waals surface area contributed by atoms with Crippen LogP contribution in [0.2, 0.25) is 0 Å². The molecule has 0 saturated carbocycles. The van der Waals surface area contributed by atoms with Crippen LogP contribution in [0.4, 0.5) is 0 Å². The molecule has 2 aromatic carbocycles. The van der Waals surface area contributed by atoms with Crippen molar-refractivity contribution in [2.24, 2.45) is 0 Å². The quantitative estimate of drug-likeness (QED) is 0.724. The van der Waals surface area contributed by atoms with Crippen molar-refractivity contribution < 1.29 is 4.79 Å². The van der Waals surface area contributed by atoms with Crippen LogP contribution in [0.25, 0.3) is 0 Å². The molecule has 86 valence electrons. The summed E-state index contributed by atoms with van der Waals surface area (Å²) in [5, 5.41) is 0. The molecule has 0 saturated heterocycles. The molecule has 17 heavy (non-hydrogen) atoms. The van der Waals surface area contributed by atoms with Gasteiger partial charge < -0.3 is 0 Å². The molecule has 2 aromatic rings. The summed E-state index contributed by atoms with van der Waals surface area (Å²) in [6, 6.07) is 18.3. The molecule has 1 heteroatoms. The maximum absolute atomic E-state index is 11.1. The van der Waals surface area contributed by atoms with Crippen molar-refractivity contribution in [3.63, 3.8) is 0 Å². The Hall–Kier alpha value is -1.89. The molecule has 0 amide bonds. The first-order chi connectivity index (χ1) is 8.25. The third kappa shape index (κ3) is 3.28. The number of Topliss-reactive ketones (excluding diaryl/α,β-unsaturated/α-hetero) is 1. The van der Waals surface area contributed by atoms with E-state index in [1.165, 1.54) is 11.1 Å². The molecule has 0 N–H and O–H groups in total. The van der Waals surface area contributed by atoms with E-state index < -0.39 is 0 Å². The number of rotatable bonds is 4. The number of aryl methyl sites for hydroxylation is 2. The topological polar surface area (TPSA) is 17.1 Å². The van der Waals surface area contributed by atoms with Crippen LogP contribution >= 0.6 is 0 Å². The van der Waals surface area contributed by atoms with E-state index >= 15 is 0 Å². The Morgan fingerprint density at radius 1 is 0.824 bits per heavy atom. The summed E-state index contributed by atoms with van der Waals surface area (Å²) in [5.41, 5.74) is 3.41. The Balaban J connectivity index is 1.98. The second-order valence-corrected chi connectivity index (χ2v) is 4.24. The minimum absolute atomic E-state index is 0.125. The summed E-state index contributed by atoms with van der Waals surface area (Å²) in [5.74, 6) is 0.125. The number of hydrogen-bond donors (Lipinski definition) is 0. The fraction of sp³-hybridized carbons (Fsp3) is 0.188. The molecule has 0 aliphatic heterocycles. The van der Waals surface area contributed by atoms with Gasteiger partial charge in [0.2, 0.25) is 0 Å². The summed E-state index contributed by atoms with van der Waals surface area (Å²) in [7, 11) is 0. The molecule has 0 atom stereocenters. The van der Waals surface area contributed by atoms with Gasteiger partial charge in [-0.15, -0.1) is 0 Å². The third-order valence-electron chi connectivity index (χ3n) is 2.91. The lowest BCUT2D eigenvalue weighted by Crippen LogP contribution is -1.94. The summed E-state index contributed by atoms with van der Waals surface area (Å²) < 4.78 is 0. The van der Waals surface area contributed by atoms with Gasteiger partial charge >= 0.3 is 0 Å². The monoisotopic (exact) mass is 224 g/mol. The first-order valence-electron chi connectivity index (χ1n) is 5.89. The van der Waals surface area contributed by atoms with Gasteiger partial charge in [0.05, 0.1) is 0 Å². The lowest BCUT2D eigenvalue weighted by atomic mass is 10.0. The molecule has 0 aliphatic rings. The third-order valence-corrected chi connectivity index (χ3v) is 2.91. The van der Waals surface area contributed by atoms with E-state index in [-0.39, 0.29) is 5.78 Å². The van der Waals surface area contributed by atoms with Crippen molar-refractivity contribution in [2.75, 3.05) is 0 Å². The van der Waals surface area contributed by atoms with Crippen LogP contribution in [0.5, 0.6) is 0 Å². The Bertz CT molecular complexity index is 483. The second kappa shape index (κ2) is 5.44. The Kier molecular flexibility index (Phi) is 3.71. The zero-order valence-electron chi connectivity index (χ0n) is 10.0. The van der Waals surface area contributed by atoms with Gasteiger partial charge in [-0.25, -0.2) is 0 Å². The van der Waals surface area contributed by atoms with Crippen LogP contribution in [0, 0.1) is 0 Å². The standard InChI is InChI=1S/C16H16O/c1-13(17)16-11-9-15(10-12-16)8-7-14-5-3-2-4-6-14/h2-6,9-12H,7-8H2,1H3. The molecule has 1 nitrogen and oxygen atoms in total. The van der Waals surface area contributed by atoms with Crippen molar-refractivity contribution in [3.05, 3.63) is 71.3 Å². The number of hydrogen-bond acceptors (Lipinski definition) is 1. The molecule has 2 rings (SSSR count). The molecular weight excluding hydrogens is 208 g/mol. The molecule has 0 aliphatic carbocycles. The highest BCUT2D eigenvalue weighted by atomic mass is 16.1. The van der Waals surface area contributed by atoms with Crippen LogP contribution in [-0.2, 0) is 12.8 Å². The summed E-state index contributed by atoms with van der Waals surface area (Å²) in [6.45, 7) is 1.60. The van der Waals surface area contributed by atoms with E-state index in [4.69, 9.17) is 0 Å². The maximum atomic E-state index is 11.1. The summed E-state index contributed by atoms with van der Waals surface area (Å²) in [4.78, 5) is 11.1. The Labute approximate surface area is 102 Å². The number of ketones is 1. The second-order valence-electron chi connectivity index (χ2n) is 4.24. The van der Waals surface area contributed by atoms with Gasteiger partial charge in [0, 0.05) is 5.56 Å². The SMILES string of the molecule is CC(=O)c1ccc(CCc2ccccc2)cc1. The van der Waals surface area contributed by atoms with Gasteiger partial charge in [-0.05, 0) is 30.9 Å². The minimum Gasteiger partial charge on any atom is -0.295 e. The van der Waals surface area contributed by atoms with Crippen molar-refractivity contribution >= 4 is 5.78 Å². The van der Waals surface area contributed by atoms with Crippen molar-refractivity contribution in [1.29, 1.82) is 0 Å². The Morgan fingerprint density at radius 2 is 1.35 bits per heavy atom. The maximum Gasteiger partial charge on any atom is 0.159 e. The lowest BCUT2D eigenvalue weighted by Gasteiger charge is -2.03. The van der Waals surface area contributed by atoms with Crippen molar-refractivity contribution in [3.8, 4) is 0 Å². The zero-order chi connectivity index (χ0) is 12.1. The highest BCUT2D eigenvalue weighted by Crippen LogP contribution is 2.09. The lowest BCUT2D eigenvalue weighted by molar-refractivity contribution is 0.101. The average Bonchev–Trinajstić information content (AvgIpc) is 2.38. The average molecular weight is 224 g/mol. The van der Waals surface area contributed by atoms with Gasteiger partial charge in [0.15, 0.2) is 5.78 Å². The van der Waals surface area contributed by atoms with Crippen LogP contribution in [0.3, 0.4) is 0 Å². The largest absolute Gasteiger partial charge is 0.295 e. The molecule has 0 fully saturated rings. The number of benzene rings is 2. The van der Waals surface area contributed by atoms with Crippen LogP contribution in [0.1, 0.15) is 28.4 Å². The van der Waals surface area contributed by atoms with E-state index in [1.54, 1.807) is 6.92 Å². The molecule has 0 spiro atoms. The highest BCUT2D eigenvalue weighted by molar-refractivity contribution is 5.93. The van der Waals surface area contributed by atoms with Crippen molar-refractivity contribution in [1.82, 2.24) is 0 Å². The van der Waals surface area contributed by atoms with Gasteiger partial charge in [0.1, 0.15) is 0 Å². The van der Waals surface area contributed by atoms with E-state index in [1.807, 2.05) is 30.3 Å². The fourth-order valence-electron chi connectivity index (χ4n) is 1.84. The number of carbonyl (C=O) groups is 1. The Morgan fingerprint density at radius 3 is 1.88 bits per heavy atom. The van der Waals surface area contributed by atoms with Gasteiger partial charge in [-0.3, -0.25) is 4.79 Å². The summed E-state index contributed by atoms with van der Waals surface area (Å²) >= 11 is 0. The minimum atomic E-state index is 0.125. The van der Waals surface area contributed by atoms with Crippen LogP contribution in [-0.4, -0.2) is 5.78 Å². The van der Waals surface area contributed by atoms with Gasteiger partial charge in [-0.2, -0.15) is 0 Å². The van der Waals surface area contributed by atoms with Crippen LogP contribution < -0.4 is 0 Å². The molecule has 0 bridgehead atoms. The predicted octanol–water partition coefficient (Wildman–Crippen LogP) is 3.67. The summed E-state index contributed by atoms with van der Waals surface area (Å²) in [6.07, 6.45) is 2.06. The number of carbonyl (C=O) groups excluding carboxylic acids is 1. The van der Waals surface area contributed by atoms with E-state index in [2.05, 4.69) is 24.3 Å². The predicted molar refractivity (Wildman–Crippen MR) is 70.3 cm³/mol. The first kappa shape index (κ1) is 11.6. The molecular formula is C16H16O. The van der Waals surface area contributed by atoms with E-state index in [0.717, 1.165) is 18.4 Å². The van der Waals surface area contributed by atoms with E-state index in [9.17, 15) is 4.79 Å². The molecule has 0 unspecified atom stereocenters. The normalized spacial score (nSPS) is 10.2. The smallest absolute Gasteiger partial charge is 0.159 e. The van der Waals surface area contributed by atoms with Gasteiger partial charge in [-0.1, -0.05) is 54.6 Å². The zero-order valence-corrected chi connectivity index (χ0v) is 10.0. The first-order valence-corrected chi connectivity index (χ1v) is 5.89. The van der Waals surface area contributed by atoms with Crippen LogP contribution in [0.15, 0.2) is 54.6 Å². The molecule has 0 heterocycles. The van der Waals surface area contributed by atoms with Crippen molar-refractivity contribution in [2.45, 2.75) is 19.8 Å². The van der Waals surface area contributed by atoms with E-state index in [0.29, 0.717) is 0 Å². The molecule has 0 aromatic heterocycles.